The fraction of sp³-hybridized carbons (Fsp3) is 0.0625. The minimum Gasteiger partial charge on any atom is -0.493 e. The first-order valence-electron chi connectivity index (χ1n) is 11.9. The van der Waals surface area contributed by atoms with Crippen LogP contribution < -0.4 is 9.47 Å². The Morgan fingerprint density at radius 2 is 1.41 bits per heavy atom. The quantitative estimate of drug-likeness (QED) is 0.180. The highest BCUT2D eigenvalue weighted by Crippen LogP contribution is 2.32. The summed E-state index contributed by atoms with van der Waals surface area (Å²) in [5.74, 6) is 1.20. The van der Waals surface area contributed by atoms with Crippen LogP contribution in [0.4, 0.5) is 0 Å². The van der Waals surface area contributed by atoms with Gasteiger partial charge in [0.25, 0.3) is 0 Å². The lowest BCUT2D eigenvalue weighted by atomic mass is 10.0. The molecule has 1 heterocycles. The van der Waals surface area contributed by atoms with Gasteiger partial charge in [-0.1, -0.05) is 72.8 Å². The van der Waals surface area contributed by atoms with E-state index in [1.807, 2.05) is 83.6 Å². The lowest BCUT2D eigenvalue weighted by Gasteiger charge is -2.10. The molecule has 0 unspecified atom stereocenters. The Hall–Kier alpha value is -5.08. The molecule has 0 amide bonds. The Morgan fingerprint density at radius 1 is 0.757 bits per heavy atom. The molecule has 5 rings (SSSR count). The highest BCUT2D eigenvalue weighted by Gasteiger charge is 2.13. The molecule has 0 N–H and O–H groups in total. The third-order valence-electron chi connectivity index (χ3n) is 6.11. The van der Waals surface area contributed by atoms with Crippen LogP contribution in [0.5, 0.6) is 11.5 Å². The Bertz CT molecular complexity index is 1580. The smallest absolute Gasteiger partial charge is 0.161 e. The van der Waals surface area contributed by atoms with Gasteiger partial charge in [0.1, 0.15) is 0 Å². The lowest BCUT2D eigenvalue weighted by Crippen LogP contribution is -1.99. The number of benzene rings is 4. The second-order valence-corrected chi connectivity index (χ2v) is 8.39. The van der Waals surface area contributed by atoms with Gasteiger partial charge in [-0.15, -0.1) is 0 Å². The van der Waals surface area contributed by atoms with Crippen LogP contribution in [-0.4, -0.2) is 24.0 Å². The largest absolute Gasteiger partial charge is 0.493 e. The van der Waals surface area contributed by atoms with Crippen molar-refractivity contribution in [2.45, 2.75) is 0 Å². The molecule has 0 aliphatic carbocycles. The number of aromatic nitrogens is 2. The van der Waals surface area contributed by atoms with Crippen LogP contribution in [0.25, 0.3) is 39.9 Å². The number of allylic oxidation sites excluding steroid dienone is 1. The predicted octanol–water partition coefficient (Wildman–Crippen LogP) is 7.29. The van der Waals surface area contributed by atoms with Gasteiger partial charge in [0.2, 0.25) is 0 Å². The molecule has 4 aromatic carbocycles. The van der Waals surface area contributed by atoms with Crippen molar-refractivity contribution in [1.82, 2.24) is 9.78 Å². The van der Waals surface area contributed by atoms with E-state index in [2.05, 4.69) is 36.4 Å². The van der Waals surface area contributed by atoms with Crippen molar-refractivity contribution in [2.24, 2.45) is 0 Å². The Balaban J connectivity index is 1.51. The van der Waals surface area contributed by atoms with E-state index in [1.54, 1.807) is 20.3 Å². The molecular weight excluding hydrogens is 458 g/mol. The normalized spacial score (nSPS) is 11.1. The van der Waals surface area contributed by atoms with E-state index in [9.17, 15) is 5.26 Å². The van der Waals surface area contributed by atoms with Gasteiger partial charge < -0.3 is 9.47 Å². The molecule has 0 radical (unpaired) electrons. The maximum absolute atomic E-state index is 9.83. The summed E-state index contributed by atoms with van der Waals surface area (Å²) >= 11 is 0. The molecule has 180 valence electrons. The number of methoxy groups -OCH3 is 2. The van der Waals surface area contributed by atoms with Gasteiger partial charge in [-0.25, -0.2) is 4.68 Å². The predicted molar refractivity (Wildman–Crippen MR) is 147 cm³/mol. The Morgan fingerprint density at radius 3 is 2.03 bits per heavy atom. The van der Waals surface area contributed by atoms with Crippen molar-refractivity contribution in [1.29, 1.82) is 5.26 Å². The highest BCUT2D eigenvalue weighted by atomic mass is 16.5. The summed E-state index contributed by atoms with van der Waals surface area (Å²) in [6, 6.07) is 38.3. The van der Waals surface area contributed by atoms with E-state index in [0.29, 0.717) is 17.1 Å². The van der Waals surface area contributed by atoms with E-state index in [0.717, 1.165) is 39.3 Å². The van der Waals surface area contributed by atoms with Crippen LogP contribution in [0.3, 0.4) is 0 Å². The van der Waals surface area contributed by atoms with Crippen molar-refractivity contribution >= 4 is 11.6 Å². The van der Waals surface area contributed by atoms with Gasteiger partial charge in [-0.05, 0) is 53.6 Å². The topological polar surface area (TPSA) is 60.1 Å². The Kier molecular flexibility index (Phi) is 6.82. The van der Waals surface area contributed by atoms with Gasteiger partial charge in [0.05, 0.1) is 42.9 Å². The fourth-order valence-corrected chi connectivity index (χ4v) is 4.20. The third-order valence-corrected chi connectivity index (χ3v) is 6.11. The number of rotatable bonds is 7. The molecule has 5 heteroatoms. The SMILES string of the molecule is COc1ccc(C(C#N)=Cc2ccc(-n3nc(-c4ccccc4)cc3-c3ccccc3)cc2)cc1OC. The number of nitrogens with zero attached hydrogens (tertiary/aromatic N) is 3. The van der Waals surface area contributed by atoms with E-state index < -0.39 is 0 Å². The first kappa shape index (κ1) is 23.7. The number of hydrogen-bond donors (Lipinski definition) is 0. The standard InChI is InChI=1S/C32H25N3O2/c1-36-31-18-15-26(20-32(31)37-2)27(22-33)19-23-13-16-28(17-14-23)35-30(25-11-7-4-8-12-25)21-29(34-35)24-9-5-3-6-10-24/h3-21H,1-2H3. The van der Waals surface area contributed by atoms with Crippen molar-refractivity contribution in [3.63, 3.8) is 0 Å². The number of nitriles is 1. The van der Waals surface area contributed by atoms with Crippen LogP contribution >= 0.6 is 0 Å². The highest BCUT2D eigenvalue weighted by molar-refractivity contribution is 5.90. The maximum Gasteiger partial charge on any atom is 0.161 e. The molecule has 0 fully saturated rings. The van der Waals surface area contributed by atoms with Gasteiger partial charge >= 0.3 is 0 Å². The average molecular weight is 484 g/mol. The van der Waals surface area contributed by atoms with Gasteiger partial charge in [0.15, 0.2) is 11.5 Å². The second-order valence-electron chi connectivity index (χ2n) is 8.39. The number of hydrogen-bond acceptors (Lipinski definition) is 4. The zero-order chi connectivity index (χ0) is 25.6. The minimum absolute atomic E-state index is 0.532. The summed E-state index contributed by atoms with van der Waals surface area (Å²) in [6.45, 7) is 0. The first-order chi connectivity index (χ1) is 18.2. The molecule has 5 nitrogen and oxygen atoms in total. The van der Waals surface area contributed by atoms with Crippen LogP contribution in [0.1, 0.15) is 11.1 Å². The van der Waals surface area contributed by atoms with Crippen molar-refractivity contribution < 1.29 is 9.47 Å². The maximum atomic E-state index is 9.83. The van der Waals surface area contributed by atoms with Gasteiger partial charge in [-0.3, -0.25) is 0 Å². The average Bonchev–Trinajstić information content (AvgIpc) is 3.42. The molecule has 5 aromatic rings. The van der Waals surface area contributed by atoms with E-state index in [-0.39, 0.29) is 0 Å². The van der Waals surface area contributed by atoms with Crippen LogP contribution in [0, 0.1) is 11.3 Å². The molecule has 0 atom stereocenters. The molecule has 1 aromatic heterocycles. The summed E-state index contributed by atoms with van der Waals surface area (Å²) in [5, 5.41) is 14.8. The fourth-order valence-electron chi connectivity index (χ4n) is 4.20. The van der Waals surface area contributed by atoms with Crippen LogP contribution in [0.15, 0.2) is 109 Å². The summed E-state index contributed by atoms with van der Waals surface area (Å²) in [6.07, 6.45) is 1.86. The van der Waals surface area contributed by atoms with E-state index in [4.69, 9.17) is 14.6 Å². The first-order valence-corrected chi connectivity index (χ1v) is 11.9. The summed E-state index contributed by atoms with van der Waals surface area (Å²) < 4.78 is 12.7. The van der Waals surface area contributed by atoms with E-state index >= 15 is 0 Å². The number of ether oxygens (including phenoxy) is 2. The molecule has 0 aliphatic rings. The zero-order valence-electron chi connectivity index (χ0n) is 20.6. The second kappa shape index (κ2) is 10.7. The van der Waals surface area contributed by atoms with Crippen molar-refractivity contribution in [3.8, 4) is 45.8 Å². The molecule has 0 aliphatic heterocycles. The third kappa shape index (κ3) is 5.00. The van der Waals surface area contributed by atoms with Gasteiger partial charge in [-0.2, -0.15) is 10.4 Å². The molecular formula is C32H25N3O2. The van der Waals surface area contributed by atoms with Crippen molar-refractivity contribution in [3.05, 3.63) is 120 Å². The summed E-state index contributed by atoms with van der Waals surface area (Å²) in [4.78, 5) is 0. The molecule has 37 heavy (non-hydrogen) atoms. The molecule has 0 saturated heterocycles. The lowest BCUT2D eigenvalue weighted by molar-refractivity contribution is 0.355. The molecule has 0 saturated carbocycles. The van der Waals surface area contributed by atoms with Crippen molar-refractivity contribution in [2.75, 3.05) is 14.2 Å². The Labute approximate surface area is 216 Å². The minimum atomic E-state index is 0.532. The van der Waals surface area contributed by atoms with Gasteiger partial charge in [0, 0.05) is 11.1 Å². The summed E-state index contributed by atoms with van der Waals surface area (Å²) in [5.41, 5.74) is 7.19. The van der Waals surface area contributed by atoms with E-state index in [1.165, 1.54) is 0 Å². The molecule has 0 spiro atoms. The van der Waals surface area contributed by atoms with Crippen LogP contribution in [0.2, 0.25) is 0 Å². The summed E-state index contributed by atoms with van der Waals surface area (Å²) in [7, 11) is 3.17. The van der Waals surface area contributed by atoms with Crippen LogP contribution in [-0.2, 0) is 0 Å². The molecule has 0 bridgehead atoms. The zero-order valence-corrected chi connectivity index (χ0v) is 20.6. The monoisotopic (exact) mass is 483 g/mol.